The number of fused-ring (bicyclic) bond motifs is 1. The SMILES string of the molecule is Cl.O=[N+]([O-])c1ccc(NCCNCc2c(OCc3ccccc3F)ccc3ccccc23)c(Cl)c1. The third kappa shape index (κ3) is 6.60. The second-order valence-electron chi connectivity index (χ2n) is 7.67. The van der Waals surface area contributed by atoms with Crippen molar-refractivity contribution in [1.29, 1.82) is 0 Å². The van der Waals surface area contributed by atoms with E-state index in [0.717, 1.165) is 16.3 Å². The highest BCUT2D eigenvalue weighted by Gasteiger charge is 2.11. The lowest BCUT2D eigenvalue weighted by atomic mass is 10.0. The zero-order valence-corrected chi connectivity index (χ0v) is 20.2. The number of benzene rings is 4. The van der Waals surface area contributed by atoms with Crippen LogP contribution in [0.25, 0.3) is 10.8 Å². The zero-order valence-electron chi connectivity index (χ0n) is 18.7. The van der Waals surface area contributed by atoms with Crippen molar-refractivity contribution in [3.8, 4) is 5.75 Å². The number of nitrogens with zero attached hydrogens (tertiary/aromatic N) is 1. The van der Waals surface area contributed by atoms with Gasteiger partial charge in [0.15, 0.2) is 0 Å². The molecule has 0 unspecified atom stereocenters. The van der Waals surface area contributed by atoms with Crippen LogP contribution in [0.5, 0.6) is 5.75 Å². The van der Waals surface area contributed by atoms with Crippen molar-refractivity contribution in [3.05, 3.63) is 111 Å². The molecule has 0 saturated carbocycles. The second kappa shape index (κ2) is 12.4. The van der Waals surface area contributed by atoms with E-state index in [1.807, 2.05) is 36.4 Å². The molecule has 0 heterocycles. The summed E-state index contributed by atoms with van der Waals surface area (Å²) in [5.41, 5.74) is 2.07. The third-order valence-electron chi connectivity index (χ3n) is 5.42. The van der Waals surface area contributed by atoms with Gasteiger partial charge in [0.05, 0.1) is 15.6 Å². The van der Waals surface area contributed by atoms with Crippen LogP contribution in [0, 0.1) is 15.9 Å². The molecule has 0 atom stereocenters. The van der Waals surface area contributed by atoms with Crippen molar-refractivity contribution in [3.63, 3.8) is 0 Å². The lowest BCUT2D eigenvalue weighted by molar-refractivity contribution is -0.384. The summed E-state index contributed by atoms with van der Waals surface area (Å²) in [5, 5.41) is 19.9. The predicted molar refractivity (Wildman–Crippen MR) is 140 cm³/mol. The van der Waals surface area contributed by atoms with Gasteiger partial charge in [0.25, 0.3) is 5.69 Å². The Balaban J connectivity index is 0.00000342. The molecule has 0 aliphatic rings. The lowest BCUT2D eigenvalue weighted by Crippen LogP contribution is -2.22. The number of anilines is 1. The Morgan fingerprint density at radius 1 is 0.971 bits per heavy atom. The van der Waals surface area contributed by atoms with Crippen molar-refractivity contribution >= 4 is 46.2 Å². The first-order valence-electron chi connectivity index (χ1n) is 10.8. The van der Waals surface area contributed by atoms with Gasteiger partial charge in [-0.3, -0.25) is 10.1 Å². The minimum absolute atomic E-state index is 0. The first-order valence-corrected chi connectivity index (χ1v) is 11.2. The highest BCUT2D eigenvalue weighted by atomic mass is 35.5. The van der Waals surface area contributed by atoms with Gasteiger partial charge in [0.2, 0.25) is 0 Å². The fourth-order valence-corrected chi connectivity index (χ4v) is 3.91. The standard InChI is InChI=1S/C26H23ClFN3O3.ClH/c27-23-15-20(31(32)33)10-11-25(23)30-14-13-29-16-22-21-7-3-1-5-18(21)9-12-26(22)34-17-19-6-2-4-8-24(19)28;/h1-12,15,29-30H,13-14,16-17H2;1H. The van der Waals surface area contributed by atoms with Gasteiger partial charge in [-0.25, -0.2) is 4.39 Å². The Morgan fingerprint density at radius 2 is 1.74 bits per heavy atom. The van der Waals surface area contributed by atoms with Crippen molar-refractivity contribution in [2.75, 3.05) is 18.4 Å². The maximum atomic E-state index is 14.0. The van der Waals surface area contributed by atoms with Crippen molar-refractivity contribution in [2.45, 2.75) is 13.2 Å². The molecule has 4 aromatic rings. The van der Waals surface area contributed by atoms with Gasteiger partial charge in [0, 0.05) is 42.9 Å². The fourth-order valence-electron chi connectivity index (χ4n) is 3.66. The molecule has 4 rings (SSSR count). The summed E-state index contributed by atoms with van der Waals surface area (Å²) in [5.74, 6) is 0.403. The van der Waals surface area contributed by atoms with Crippen molar-refractivity contribution in [1.82, 2.24) is 5.32 Å². The van der Waals surface area contributed by atoms with Crippen LogP contribution < -0.4 is 15.4 Å². The highest BCUT2D eigenvalue weighted by Crippen LogP contribution is 2.29. The monoisotopic (exact) mass is 515 g/mol. The minimum Gasteiger partial charge on any atom is -0.488 e. The van der Waals surface area contributed by atoms with Gasteiger partial charge in [0.1, 0.15) is 18.2 Å². The van der Waals surface area contributed by atoms with Crippen LogP contribution in [0.1, 0.15) is 11.1 Å². The van der Waals surface area contributed by atoms with E-state index < -0.39 is 4.92 Å². The van der Waals surface area contributed by atoms with Crippen LogP contribution in [0.15, 0.2) is 78.9 Å². The summed E-state index contributed by atoms with van der Waals surface area (Å²) >= 11 is 6.13. The molecule has 0 bridgehead atoms. The largest absolute Gasteiger partial charge is 0.488 e. The summed E-state index contributed by atoms with van der Waals surface area (Å²) < 4.78 is 20.0. The Kier molecular flexibility index (Phi) is 9.25. The molecule has 0 aliphatic carbocycles. The normalized spacial score (nSPS) is 10.6. The second-order valence-corrected chi connectivity index (χ2v) is 8.08. The minimum atomic E-state index is -0.479. The molecule has 0 aromatic heterocycles. The Bertz CT molecular complexity index is 1320. The highest BCUT2D eigenvalue weighted by molar-refractivity contribution is 6.33. The van der Waals surface area contributed by atoms with E-state index in [-0.39, 0.29) is 30.5 Å². The molecule has 0 radical (unpaired) electrons. The molecular weight excluding hydrogens is 492 g/mol. The average Bonchev–Trinajstić information content (AvgIpc) is 2.84. The Hall–Kier alpha value is -3.39. The van der Waals surface area contributed by atoms with E-state index in [9.17, 15) is 14.5 Å². The van der Waals surface area contributed by atoms with Gasteiger partial charge in [-0.15, -0.1) is 12.4 Å². The summed E-state index contributed by atoms with van der Waals surface area (Å²) in [7, 11) is 0. The summed E-state index contributed by atoms with van der Waals surface area (Å²) in [6.45, 7) is 1.86. The Morgan fingerprint density at radius 3 is 2.51 bits per heavy atom. The Labute approximate surface area is 213 Å². The van der Waals surface area contributed by atoms with E-state index in [0.29, 0.717) is 41.7 Å². The number of non-ortho nitro benzene ring substituents is 1. The molecule has 2 N–H and O–H groups in total. The topological polar surface area (TPSA) is 76.4 Å². The smallest absolute Gasteiger partial charge is 0.271 e. The van der Waals surface area contributed by atoms with Crippen LogP contribution in [-0.2, 0) is 13.2 Å². The summed E-state index contributed by atoms with van der Waals surface area (Å²) in [4.78, 5) is 10.4. The first-order chi connectivity index (χ1) is 16.5. The number of ether oxygens (including phenoxy) is 1. The van der Waals surface area contributed by atoms with E-state index in [1.54, 1.807) is 24.3 Å². The molecule has 0 spiro atoms. The van der Waals surface area contributed by atoms with Crippen LogP contribution in [0.2, 0.25) is 5.02 Å². The first kappa shape index (κ1) is 26.2. The van der Waals surface area contributed by atoms with Gasteiger partial charge in [-0.2, -0.15) is 0 Å². The molecular formula is C26H24Cl2FN3O3. The molecule has 9 heteroatoms. The third-order valence-corrected chi connectivity index (χ3v) is 5.73. The van der Waals surface area contributed by atoms with Gasteiger partial charge in [-0.05, 0) is 29.0 Å². The molecule has 0 aliphatic heterocycles. The number of nitrogens with one attached hydrogen (secondary N) is 2. The molecule has 4 aromatic carbocycles. The number of nitro groups is 1. The van der Waals surface area contributed by atoms with Gasteiger partial charge < -0.3 is 15.4 Å². The number of hydrogen-bond donors (Lipinski definition) is 2. The van der Waals surface area contributed by atoms with Crippen LogP contribution in [0.3, 0.4) is 0 Å². The number of halogens is 3. The van der Waals surface area contributed by atoms with Crippen LogP contribution >= 0.6 is 24.0 Å². The van der Waals surface area contributed by atoms with E-state index in [4.69, 9.17) is 16.3 Å². The van der Waals surface area contributed by atoms with Gasteiger partial charge >= 0.3 is 0 Å². The average molecular weight is 516 g/mol. The van der Waals surface area contributed by atoms with E-state index in [1.165, 1.54) is 18.2 Å². The molecule has 35 heavy (non-hydrogen) atoms. The zero-order chi connectivity index (χ0) is 23.9. The lowest BCUT2D eigenvalue weighted by Gasteiger charge is -2.16. The van der Waals surface area contributed by atoms with Crippen LogP contribution in [0.4, 0.5) is 15.8 Å². The maximum absolute atomic E-state index is 14.0. The molecule has 6 nitrogen and oxygen atoms in total. The predicted octanol–water partition coefficient (Wildman–Crippen LogP) is 6.74. The van der Waals surface area contributed by atoms with Gasteiger partial charge in [-0.1, -0.05) is 60.1 Å². The number of nitro benzene ring substituents is 1. The van der Waals surface area contributed by atoms with Crippen molar-refractivity contribution in [2.24, 2.45) is 0 Å². The molecule has 0 fully saturated rings. The molecule has 182 valence electrons. The van der Waals surface area contributed by atoms with Crippen molar-refractivity contribution < 1.29 is 14.1 Å². The van der Waals surface area contributed by atoms with E-state index >= 15 is 0 Å². The summed E-state index contributed by atoms with van der Waals surface area (Å²) in [6, 6.07) is 22.9. The summed E-state index contributed by atoms with van der Waals surface area (Å²) in [6.07, 6.45) is 0. The van der Waals surface area contributed by atoms with Crippen LogP contribution in [-0.4, -0.2) is 18.0 Å². The number of rotatable bonds is 10. The van der Waals surface area contributed by atoms with E-state index in [2.05, 4.69) is 10.6 Å². The maximum Gasteiger partial charge on any atom is 0.271 e. The quantitative estimate of drug-likeness (QED) is 0.139. The molecule has 0 amide bonds. The molecule has 0 saturated heterocycles. The number of hydrogen-bond acceptors (Lipinski definition) is 5. The fraction of sp³-hybridized carbons (Fsp3) is 0.154.